The number of rotatable bonds is 2. The Balaban J connectivity index is 2.42. The largest absolute Gasteiger partial charge is 0.436 e. The van der Waals surface area contributed by atoms with E-state index >= 15 is 0 Å². The van der Waals surface area contributed by atoms with Gasteiger partial charge in [0.25, 0.3) is 0 Å². The summed E-state index contributed by atoms with van der Waals surface area (Å²) >= 11 is 21.3. The fourth-order valence-corrected chi connectivity index (χ4v) is 2.35. The molecule has 1 aromatic heterocycles. The lowest BCUT2D eigenvalue weighted by Gasteiger charge is -2.11. The molecular weight excluding hydrogens is 374 g/mol. The molecule has 0 saturated heterocycles. The van der Waals surface area contributed by atoms with Gasteiger partial charge in [0.05, 0.1) is 10.0 Å². The van der Waals surface area contributed by atoms with Gasteiger partial charge in [0, 0.05) is 16.1 Å². The summed E-state index contributed by atoms with van der Waals surface area (Å²) in [6.07, 6.45) is 0. The van der Waals surface area contributed by atoms with E-state index in [2.05, 4.69) is 26.1 Å². The molecular formula is C12H8BrCl3N2O. The number of nitrogens with zero attached hydrogens (tertiary/aromatic N) is 2. The Labute approximate surface area is 134 Å². The van der Waals surface area contributed by atoms with Crippen molar-refractivity contribution in [2.75, 3.05) is 0 Å². The zero-order valence-electron chi connectivity index (χ0n) is 9.97. The summed E-state index contributed by atoms with van der Waals surface area (Å²) in [4.78, 5) is 0. The molecule has 0 amide bonds. The summed E-state index contributed by atoms with van der Waals surface area (Å²) in [5.41, 5.74) is 1.61. The lowest BCUT2D eigenvalue weighted by atomic mass is 10.2. The second-order valence-corrected chi connectivity index (χ2v) is 5.87. The van der Waals surface area contributed by atoms with E-state index in [-0.39, 0.29) is 0 Å². The van der Waals surface area contributed by atoms with Crippen molar-refractivity contribution in [2.24, 2.45) is 0 Å². The van der Waals surface area contributed by atoms with Gasteiger partial charge in [-0.2, -0.15) is 0 Å². The van der Waals surface area contributed by atoms with Crippen molar-refractivity contribution in [1.29, 1.82) is 0 Å². The van der Waals surface area contributed by atoms with Crippen molar-refractivity contribution in [2.45, 2.75) is 13.8 Å². The first-order valence-electron chi connectivity index (χ1n) is 5.22. The van der Waals surface area contributed by atoms with Gasteiger partial charge >= 0.3 is 0 Å². The first-order valence-corrected chi connectivity index (χ1v) is 7.14. The van der Waals surface area contributed by atoms with E-state index in [0.717, 1.165) is 11.1 Å². The topological polar surface area (TPSA) is 35.0 Å². The molecule has 0 N–H and O–H groups in total. The molecule has 100 valence electrons. The highest BCUT2D eigenvalue weighted by Crippen LogP contribution is 2.37. The van der Waals surface area contributed by atoms with E-state index in [1.54, 1.807) is 12.1 Å². The number of hydrogen-bond acceptors (Lipinski definition) is 3. The summed E-state index contributed by atoms with van der Waals surface area (Å²) in [6.45, 7) is 3.69. The number of aromatic nitrogens is 2. The van der Waals surface area contributed by atoms with Crippen LogP contribution in [0.15, 0.2) is 16.6 Å². The van der Waals surface area contributed by atoms with Gasteiger partial charge < -0.3 is 4.74 Å². The van der Waals surface area contributed by atoms with Gasteiger partial charge in [-0.15, -0.1) is 10.2 Å². The Morgan fingerprint density at radius 1 is 1.00 bits per heavy atom. The summed E-state index contributed by atoms with van der Waals surface area (Å²) in [7, 11) is 0. The third-order valence-corrected chi connectivity index (χ3v) is 4.45. The predicted molar refractivity (Wildman–Crippen MR) is 80.8 cm³/mol. The Morgan fingerprint density at radius 3 is 2.37 bits per heavy atom. The van der Waals surface area contributed by atoms with Crippen LogP contribution in [-0.4, -0.2) is 10.2 Å². The molecule has 7 heteroatoms. The van der Waals surface area contributed by atoms with Gasteiger partial charge in [-0.25, -0.2) is 0 Å². The van der Waals surface area contributed by atoms with Crippen molar-refractivity contribution in [3.8, 4) is 11.6 Å². The van der Waals surface area contributed by atoms with E-state index in [1.807, 2.05) is 13.8 Å². The van der Waals surface area contributed by atoms with Crippen LogP contribution in [-0.2, 0) is 0 Å². The standard InChI is InChI=1S/C12H8BrCl3N2O/c1-5-6(2)12(18-17-11(5)16)19-10-4-8(14)7(13)3-9(10)15/h3-4H,1-2H3. The number of hydrogen-bond donors (Lipinski definition) is 0. The molecule has 0 aliphatic carbocycles. The molecule has 0 aliphatic rings. The highest BCUT2D eigenvalue weighted by atomic mass is 79.9. The van der Waals surface area contributed by atoms with Crippen LogP contribution >= 0.6 is 50.7 Å². The van der Waals surface area contributed by atoms with Crippen LogP contribution in [0.5, 0.6) is 11.6 Å². The summed E-state index contributed by atoms with van der Waals surface area (Å²) in [6, 6.07) is 3.27. The van der Waals surface area contributed by atoms with Crippen molar-refractivity contribution < 1.29 is 4.74 Å². The zero-order chi connectivity index (χ0) is 14.2. The lowest BCUT2D eigenvalue weighted by Crippen LogP contribution is -1.98. The van der Waals surface area contributed by atoms with Crippen LogP contribution in [0, 0.1) is 13.8 Å². The van der Waals surface area contributed by atoms with E-state index in [9.17, 15) is 0 Å². The monoisotopic (exact) mass is 380 g/mol. The second-order valence-electron chi connectivity index (χ2n) is 3.84. The maximum Gasteiger partial charge on any atom is 0.242 e. The number of ether oxygens (including phenoxy) is 1. The normalized spacial score (nSPS) is 10.6. The first-order chi connectivity index (χ1) is 8.90. The molecule has 0 bridgehead atoms. The molecule has 0 fully saturated rings. The Kier molecular flexibility index (Phi) is 4.56. The maximum absolute atomic E-state index is 6.09. The van der Waals surface area contributed by atoms with Crippen LogP contribution in [0.1, 0.15) is 11.1 Å². The third-order valence-electron chi connectivity index (χ3n) is 2.60. The van der Waals surface area contributed by atoms with Crippen molar-refractivity contribution in [1.82, 2.24) is 10.2 Å². The van der Waals surface area contributed by atoms with Crippen molar-refractivity contribution in [3.05, 3.63) is 42.9 Å². The highest BCUT2D eigenvalue weighted by Gasteiger charge is 2.13. The average molecular weight is 382 g/mol. The summed E-state index contributed by atoms with van der Waals surface area (Å²) in [5.74, 6) is 0.760. The predicted octanol–water partition coefficient (Wildman–Crippen LogP) is 5.61. The van der Waals surface area contributed by atoms with Gasteiger partial charge in [0.1, 0.15) is 5.75 Å². The second kappa shape index (κ2) is 5.83. The smallest absolute Gasteiger partial charge is 0.242 e. The van der Waals surface area contributed by atoms with Crippen LogP contribution in [0.4, 0.5) is 0 Å². The van der Waals surface area contributed by atoms with E-state index < -0.39 is 0 Å². The lowest BCUT2D eigenvalue weighted by molar-refractivity contribution is 0.450. The van der Waals surface area contributed by atoms with Crippen LogP contribution in [0.3, 0.4) is 0 Å². The average Bonchev–Trinajstić information content (AvgIpc) is 2.36. The minimum atomic E-state index is 0.349. The van der Waals surface area contributed by atoms with Crippen LogP contribution in [0.25, 0.3) is 0 Å². The van der Waals surface area contributed by atoms with E-state index in [1.165, 1.54) is 0 Å². The van der Waals surface area contributed by atoms with Crippen LogP contribution in [0.2, 0.25) is 15.2 Å². The highest BCUT2D eigenvalue weighted by molar-refractivity contribution is 9.10. The summed E-state index contributed by atoms with van der Waals surface area (Å²) < 4.78 is 6.34. The van der Waals surface area contributed by atoms with Crippen LogP contribution < -0.4 is 4.74 Å². The SMILES string of the molecule is Cc1c(Cl)nnc(Oc2cc(Cl)c(Br)cc2Cl)c1C. The number of halogens is 4. The molecule has 2 rings (SSSR count). The Hall–Kier alpha value is -0.550. The summed E-state index contributed by atoms with van der Waals surface area (Å²) in [5, 5.41) is 8.99. The van der Waals surface area contributed by atoms with Crippen molar-refractivity contribution >= 4 is 50.7 Å². The third kappa shape index (κ3) is 3.14. The Bertz CT molecular complexity index is 649. The van der Waals surface area contributed by atoms with Gasteiger partial charge in [0.2, 0.25) is 5.88 Å². The fourth-order valence-electron chi connectivity index (χ4n) is 1.34. The maximum atomic E-state index is 6.09. The molecule has 2 aromatic rings. The molecule has 0 radical (unpaired) electrons. The zero-order valence-corrected chi connectivity index (χ0v) is 13.8. The van der Waals surface area contributed by atoms with E-state index in [4.69, 9.17) is 39.5 Å². The van der Waals surface area contributed by atoms with Gasteiger partial charge in [0.15, 0.2) is 5.15 Å². The quantitative estimate of drug-likeness (QED) is 0.634. The minimum absolute atomic E-state index is 0.349. The molecule has 0 spiro atoms. The molecule has 0 aliphatic heterocycles. The molecule has 0 unspecified atom stereocenters. The Morgan fingerprint density at radius 2 is 1.68 bits per heavy atom. The minimum Gasteiger partial charge on any atom is -0.436 e. The van der Waals surface area contributed by atoms with Gasteiger partial charge in [-0.3, -0.25) is 0 Å². The first kappa shape index (κ1) is 14.9. The van der Waals surface area contributed by atoms with Gasteiger partial charge in [-0.1, -0.05) is 34.8 Å². The molecule has 1 heterocycles. The van der Waals surface area contributed by atoms with Crippen molar-refractivity contribution in [3.63, 3.8) is 0 Å². The van der Waals surface area contributed by atoms with E-state index in [0.29, 0.717) is 31.3 Å². The molecule has 3 nitrogen and oxygen atoms in total. The molecule has 0 atom stereocenters. The molecule has 0 saturated carbocycles. The molecule has 19 heavy (non-hydrogen) atoms. The van der Waals surface area contributed by atoms with Gasteiger partial charge in [-0.05, 0) is 41.4 Å². The molecule has 1 aromatic carbocycles. The number of benzene rings is 1. The fraction of sp³-hybridized carbons (Fsp3) is 0.167.